The number of benzene rings is 1. The second kappa shape index (κ2) is 6.36. The molecule has 0 aliphatic heterocycles. The molecule has 0 bridgehead atoms. The Labute approximate surface area is 109 Å². The van der Waals surface area contributed by atoms with Crippen molar-refractivity contribution in [2.45, 2.75) is 32.9 Å². The van der Waals surface area contributed by atoms with Gasteiger partial charge in [0.2, 0.25) is 0 Å². The number of nitrogens with one attached hydrogen (secondary N) is 1. The molecular formula is C15H21N3. The summed E-state index contributed by atoms with van der Waals surface area (Å²) in [5, 5.41) is 7.74. The van der Waals surface area contributed by atoms with Gasteiger partial charge in [0, 0.05) is 24.2 Å². The molecule has 0 amide bonds. The minimum Gasteiger partial charge on any atom is -0.316 e. The van der Waals surface area contributed by atoms with Gasteiger partial charge in [-0.15, -0.1) is 0 Å². The van der Waals surface area contributed by atoms with Gasteiger partial charge < -0.3 is 5.32 Å². The molecule has 0 saturated carbocycles. The van der Waals surface area contributed by atoms with Crippen molar-refractivity contribution in [3.8, 4) is 11.3 Å². The number of rotatable bonds is 6. The second-order valence-electron chi connectivity index (χ2n) is 4.49. The zero-order valence-electron chi connectivity index (χ0n) is 11.2. The van der Waals surface area contributed by atoms with E-state index in [1.807, 2.05) is 19.3 Å². The Hall–Kier alpha value is -1.61. The van der Waals surface area contributed by atoms with Gasteiger partial charge in [0.25, 0.3) is 0 Å². The molecule has 3 heteroatoms. The number of aromatic nitrogens is 2. The van der Waals surface area contributed by atoms with Crippen molar-refractivity contribution in [2.24, 2.45) is 0 Å². The highest BCUT2D eigenvalue weighted by Gasteiger charge is 2.11. The van der Waals surface area contributed by atoms with E-state index in [1.54, 1.807) is 0 Å². The summed E-state index contributed by atoms with van der Waals surface area (Å²) in [6, 6.07) is 10.5. The van der Waals surface area contributed by atoms with Crippen LogP contribution in [0.2, 0.25) is 0 Å². The van der Waals surface area contributed by atoms with Crippen LogP contribution in [0.3, 0.4) is 0 Å². The Bertz CT molecular complexity index is 474. The predicted octanol–water partition coefficient (Wildman–Crippen LogP) is 3.07. The molecule has 1 aromatic carbocycles. The molecule has 2 aromatic rings. The van der Waals surface area contributed by atoms with Crippen LogP contribution in [-0.2, 0) is 13.1 Å². The maximum atomic E-state index is 4.53. The maximum absolute atomic E-state index is 4.53. The molecule has 3 nitrogen and oxygen atoms in total. The summed E-state index contributed by atoms with van der Waals surface area (Å²) in [6.07, 6.45) is 4.34. The van der Waals surface area contributed by atoms with E-state index in [-0.39, 0.29) is 0 Å². The Morgan fingerprint density at radius 3 is 2.67 bits per heavy atom. The summed E-state index contributed by atoms with van der Waals surface area (Å²) < 4.78 is 2.13. The fourth-order valence-corrected chi connectivity index (χ4v) is 2.15. The molecule has 1 N–H and O–H groups in total. The quantitative estimate of drug-likeness (QED) is 0.845. The highest BCUT2D eigenvalue weighted by molar-refractivity contribution is 5.63. The topological polar surface area (TPSA) is 29.9 Å². The molecule has 96 valence electrons. The van der Waals surface area contributed by atoms with Crippen molar-refractivity contribution in [3.63, 3.8) is 0 Å². The third-order valence-electron chi connectivity index (χ3n) is 3.05. The van der Waals surface area contributed by atoms with Gasteiger partial charge >= 0.3 is 0 Å². The first kappa shape index (κ1) is 12.8. The van der Waals surface area contributed by atoms with E-state index in [2.05, 4.69) is 46.3 Å². The van der Waals surface area contributed by atoms with E-state index in [1.165, 1.54) is 29.7 Å². The van der Waals surface area contributed by atoms with Gasteiger partial charge in [-0.05, 0) is 13.5 Å². The van der Waals surface area contributed by atoms with Crippen molar-refractivity contribution in [1.29, 1.82) is 0 Å². The van der Waals surface area contributed by atoms with E-state index in [0.29, 0.717) is 0 Å². The summed E-state index contributed by atoms with van der Waals surface area (Å²) in [5.74, 6) is 0. The van der Waals surface area contributed by atoms with E-state index in [9.17, 15) is 0 Å². The summed E-state index contributed by atoms with van der Waals surface area (Å²) in [6.45, 7) is 4.06. The van der Waals surface area contributed by atoms with Crippen molar-refractivity contribution in [2.75, 3.05) is 7.05 Å². The molecule has 18 heavy (non-hydrogen) atoms. The zero-order chi connectivity index (χ0) is 12.8. The van der Waals surface area contributed by atoms with E-state index < -0.39 is 0 Å². The summed E-state index contributed by atoms with van der Waals surface area (Å²) >= 11 is 0. The van der Waals surface area contributed by atoms with Crippen LogP contribution in [0.4, 0.5) is 0 Å². The third kappa shape index (κ3) is 2.79. The van der Waals surface area contributed by atoms with Crippen molar-refractivity contribution in [3.05, 3.63) is 42.1 Å². The van der Waals surface area contributed by atoms with Crippen LogP contribution in [0.25, 0.3) is 11.3 Å². The highest BCUT2D eigenvalue weighted by atomic mass is 15.3. The number of aryl methyl sites for hydroxylation is 1. The molecular weight excluding hydrogens is 222 g/mol. The van der Waals surface area contributed by atoms with Crippen LogP contribution < -0.4 is 5.32 Å². The number of hydrogen-bond acceptors (Lipinski definition) is 2. The summed E-state index contributed by atoms with van der Waals surface area (Å²) in [7, 11) is 1.97. The maximum Gasteiger partial charge on any atom is 0.0727 e. The Kier molecular flexibility index (Phi) is 4.53. The lowest BCUT2D eigenvalue weighted by molar-refractivity contribution is 0.576. The average Bonchev–Trinajstić information content (AvgIpc) is 2.81. The first-order valence-corrected chi connectivity index (χ1v) is 6.61. The summed E-state index contributed by atoms with van der Waals surface area (Å²) in [4.78, 5) is 0. The number of hydrogen-bond donors (Lipinski definition) is 1. The largest absolute Gasteiger partial charge is 0.316 e. The van der Waals surface area contributed by atoms with Crippen LogP contribution in [-0.4, -0.2) is 16.8 Å². The van der Waals surface area contributed by atoms with Crippen LogP contribution >= 0.6 is 0 Å². The molecule has 0 unspecified atom stereocenters. The molecule has 0 radical (unpaired) electrons. The molecule has 1 heterocycles. The normalized spacial score (nSPS) is 10.8. The first-order chi connectivity index (χ1) is 8.86. The monoisotopic (exact) mass is 243 g/mol. The smallest absolute Gasteiger partial charge is 0.0727 e. The van der Waals surface area contributed by atoms with Crippen molar-refractivity contribution >= 4 is 0 Å². The van der Waals surface area contributed by atoms with Crippen LogP contribution in [0.5, 0.6) is 0 Å². The fraction of sp³-hybridized carbons (Fsp3) is 0.400. The Balaban J connectivity index is 2.37. The Morgan fingerprint density at radius 1 is 1.22 bits per heavy atom. The van der Waals surface area contributed by atoms with Gasteiger partial charge in [-0.3, -0.25) is 4.68 Å². The van der Waals surface area contributed by atoms with Crippen LogP contribution in [0.1, 0.15) is 25.3 Å². The molecule has 0 fully saturated rings. The zero-order valence-corrected chi connectivity index (χ0v) is 11.2. The number of unbranched alkanes of at least 4 members (excludes halogenated alkanes) is 1. The fourth-order valence-electron chi connectivity index (χ4n) is 2.15. The molecule has 2 rings (SSSR count). The SMILES string of the molecule is CCCCn1ncc(CNC)c1-c1ccccc1. The van der Waals surface area contributed by atoms with E-state index in [4.69, 9.17) is 0 Å². The average molecular weight is 243 g/mol. The molecule has 0 aliphatic rings. The van der Waals surface area contributed by atoms with Gasteiger partial charge in [-0.2, -0.15) is 5.10 Å². The van der Waals surface area contributed by atoms with Crippen molar-refractivity contribution < 1.29 is 0 Å². The van der Waals surface area contributed by atoms with Gasteiger partial charge in [-0.25, -0.2) is 0 Å². The summed E-state index contributed by atoms with van der Waals surface area (Å²) in [5.41, 5.74) is 3.76. The minimum absolute atomic E-state index is 0.857. The van der Waals surface area contributed by atoms with Crippen LogP contribution in [0.15, 0.2) is 36.5 Å². The van der Waals surface area contributed by atoms with Gasteiger partial charge in [-0.1, -0.05) is 43.7 Å². The molecule has 0 saturated heterocycles. The third-order valence-corrected chi connectivity index (χ3v) is 3.05. The highest BCUT2D eigenvalue weighted by Crippen LogP contribution is 2.23. The Morgan fingerprint density at radius 2 is 2.00 bits per heavy atom. The first-order valence-electron chi connectivity index (χ1n) is 6.61. The van der Waals surface area contributed by atoms with Gasteiger partial charge in [0.1, 0.15) is 0 Å². The second-order valence-corrected chi connectivity index (χ2v) is 4.49. The molecule has 1 aromatic heterocycles. The predicted molar refractivity (Wildman–Crippen MR) is 75.3 cm³/mol. The van der Waals surface area contributed by atoms with Gasteiger partial charge in [0.15, 0.2) is 0 Å². The molecule has 0 atom stereocenters. The molecule has 0 spiro atoms. The minimum atomic E-state index is 0.857. The lowest BCUT2D eigenvalue weighted by Gasteiger charge is -2.09. The van der Waals surface area contributed by atoms with Crippen molar-refractivity contribution in [1.82, 2.24) is 15.1 Å². The van der Waals surface area contributed by atoms with Crippen LogP contribution in [0, 0.1) is 0 Å². The van der Waals surface area contributed by atoms with Gasteiger partial charge in [0.05, 0.1) is 11.9 Å². The standard InChI is InChI=1S/C15H21N3/c1-3-4-10-18-15(13-8-6-5-7-9-13)14(11-16-2)12-17-18/h5-9,12,16H,3-4,10-11H2,1-2H3. The van der Waals surface area contributed by atoms with E-state index >= 15 is 0 Å². The van der Waals surface area contributed by atoms with E-state index in [0.717, 1.165) is 13.1 Å². The molecule has 0 aliphatic carbocycles. The number of nitrogens with zero attached hydrogens (tertiary/aromatic N) is 2. The lowest BCUT2D eigenvalue weighted by Crippen LogP contribution is -2.07. The lowest BCUT2D eigenvalue weighted by atomic mass is 10.1.